The lowest BCUT2D eigenvalue weighted by Crippen LogP contribution is -2.38. The van der Waals surface area contributed by atoms with Crippen molar-refractivity contribution in [2.24, 2.45) is 5.92 Å². The summed E-state index contributed by atoms with van der Waals surface area (Å²) in [6.45, 7) is 1.07. The van der Waals surface area contributed by atoms with Gasteiger partial charge in [-0.1, -0.05) is 12.1 Å². The van der Waals surface area contributed by atoms with Gasteiger partial charge in [-0.3, -0.25) is 0 Å². The number of benzene rings is 1. The molecule has 0 bridgehead atoms. The molecule has 0 spiro atoms. The first-order chi connectivity index (χ1) is 8.86. The number of fused-ring (bicyclic) bond motifs is 1. The van der Waals surface area contributed by atoms with E-state index in [-0.39, 0.29) is 0 Å². The molecule has 1 N–H and O–H groups in total. The van der Waals surface area contributed by atoms with Crippen molar-refractivity contribution < 1.29 is 4.74 Å². The van der Waals surface area contributed by atoms with E-state index in [1.807, 2.05) is 31.3 Å². The van der Waals surface area contributed by atoms with Crippen LogP contribution in [0.25, 0.3) is 10.9 Å². The van der Waals surface area contributed by atoms with Gasteiger partial charge in [-0.15, -0.1) is 0 Å². The molecule has 0 saturated heterocycles. The van der Waals surface area contributed by atoms with E-state index in [0.29, 0.717) is 12.0 Å². The molecular weight excluding hydrogens is 226 g/mol. The molecule has 1 aromatic heterocycles. The van der Waals surface area contributed by atoms with E-state index in [2.05, 4.69) is 15.3 Å². The van der Waals surface area contributed by atoms with Gasteiger partial charge in [0.05, 0.1) is 10.9 Å². The predicted molar refractivity (Wildman–Crippen MR) is 70.6 cm³/mol. The molecule has 1 saturated carbocycles. The van der Waals surface area contributed by atoms with Crippen LogP contribution in [0.5, 0.6) is 5.88 Å². The summed E-state index contributed by atoms with van der Waals surface area (Å²) in [5, 5.41) is 4.20. The van der Waals surface area contributed by atoms with Crippen LogP contribution in [0.2, 0.25) is 0 Å². The topological polar surface area (TPSA) is 47.0 Å². The monoisotopic (exact) mass is 243 g/mol. The van der Waals surface area contributed by atoms with Crippen LogP contribution in [-0.4, -0.2) is 29.7 Å². The molecule has 94 valence electrons. The number of rotatable bonds is 4. The molecule has 0 aliphatic heterocycles. The maximum Gasteiger partial charge on any atom is 0.224 e. The second-order valence-electron chi connectivity index (χ2n) is 4.83. The lowest BCUT2D eigenvalue weighted by atomic mass is 9.82. The first-order valence-corrected chi connectivity index (χ1v) is 6.38. The fraction of sp³-hybridized carbons (Fsp3) is 0.429. The lowest BCUT2D eigenvalue weighted by molar-refractivity contribution is 0.0631. The van der Waals surface area contributed by atoms with Crippen molar-refractivity contribution in [1.29, 1.82) is 0 Å². The molecule has 1 fully saturated rings. The van der Waals surface area contributed by atoms with E-state index in [9.17, 15) is 0 Å². The van der Waals surface area contributed by atoms with Gasteiger partial charge in [-0.25, -0.2) is 9.97 Å². The quantitative estimate of drug-likeness (QED) is 0.892. The van der Waals surface area contributed by atoms with Gasteiger partial charge in [0.2, 0.25) is 5.88 Å². The van der Waals surface area contributed by atoms with Crippen molar-refractivity contribution >= 4 is 10.9 Å². The zero-order chi connectivity index (χ0) is 12.4. The minimum atomic E-state index is 0.307. The van der Waals surface area contributed by atoms with E-state index in [4.69, 9.17) is 4.74 Å². The number of para-hydroxylation sites is 1. The van der Waals surface area contributed by atoms with Gasteiger partial charge >= 0.3 is 0 Å². The maximum atomic E-state index is 5.96. The van der Waals surface area contributed by atoms with E-state index in [0.717, 1.165) is 36.2 Å². The number of nitrogens with one attached hydrogen (secondary N) is 1. The highest BCUT2D eigenvalue weighted by atomic mass is 16.5. The Morgan fingerprint density at radius 2 is 2.11 bits per heavy atom. The summed E-state index contributed by atoms with van der Waals surface area (Å²) in [5.41, 5.74) is 0.939. The number of hydrogen-bond acceptors (Lipinski definition) is 4. The second kappa shape index (κ2) is 4.90. The Morgan fingerprint density at radius 3 is 2.94 bits per heavy atom. The zero-order valence-corrected chi connectivity index (χ0v) is 10.5. The molecule has 1 aliphatic carbocycles. The summed E-state index contributed by atoms with van der Waals surface area (Å²) in [5.74, 6) is 1.46. The van der Waals surface area contributed by atoms with Crippen LogP contribution >= 0.6 is 0 Å². The average molecular weight is 243 g/mol. The second-order valence-corrected chi connectivity index (χ2v) is 4.83. The van der Waals surface area contributed by atoms with Gasteiger partial charge in [0.25, 0.3) is 0 Å². The molecule has 1 aromatic carbocycles. The van der Waals surface area contributed by atoms with Crippen molar-refractivity contribution in [2.75, 3.05) is 13.6 Å². The fourth-order valence-electron chi connectivity index (χ4n) is 2.46. The van der Waals surface area contributed by atoms with Gasteiger partial charge in [0.15, 0.2) is 0 Å². The third kappa shape index (κ3) is 2.16. The molecule has 0 amide bonds. The van der Waals surface area contributed by atoms with Gasteiger partial charge < -0.3 is 10.1 Å². The van der Waals surface area contributed by atoms with Gasteiger partial charge in [-0.2, -0.15) is 0 Å². The summed E-state index contributed by atoms with van der Waals surface area (Å²) in [7, 11) is 1.99. The minimum Gasteiger partial charge on any atom is -0.474 e. The summed E-state index contributed by atoms with van der Waals surface area (Å²) in [4.78, 5) is 8.49. The Balaban J connectivity index is 1.72. The predicted octanol–water partition coefficient (Wildman–Crippen LogP) is 2.01. The van der Waals surface area contributed by atoms with E-state index >= 15 is 0 Å². The first kappa shape index (κ1) is 11.4. The van der Waals surface area contributed by atoms with Gasteiger partial charge in [0, 0.05) is 0 Å². The highest BCUT2D eigenvalue weighted by Crippen LogP contribution is 2.32. The summed E-state index contributed by atoms with van der Waals surface area (Å²) >= 11 is 0. The van der Waals surface area contributed by atoms with Crippen LogP contribution in [0.3, 0.4) is 0 Å². The standard InChI is InChI=1S/C14H17N3O/c1-15-8-10-6-11(7-10)18-14-12-4-2-3-5-13(12)16-9-17-14/h2-5,9-11,15H,6-8H2,1H3. The van der Waals surface area contributed by atoms with E-state index in [1.165, 1.54) is 0 Å². The Hall–Kier alpha value is -1.68. The summed E-state index contributed by atoms with van der Waals surface area (Å²) < 4.78 is 5.96. The molecule has 18 heavy (non-hydrogen) atoms. The molecule has 0 unspecified atom stereocenters. The lowest BCUT2D eigenvalue weighted by Gasteiger charge is -2.35. The van der Waals surface area contributed by atoms with Crippen LogP contribution in [0.15, 0.2) is 30.6 Å². The summed E-state index contributed by atoms with van der Waals surface area (Å²) in [6, 6.07) is 7.96. The Kier molecular flexibility index (Phi) is 3.11. The van der Waals surface area contributed by atoms with Crippen molar-refractivity contribution in [2.45, 2.75) is 18.9 Å². The van der Waals surface area contributed by atoms with Crippen LogP contribution in [0, 0.1) is 5.92 Å². The van der Waals surface area contributed by atoms with Crippen molar-refractivity contribution in [1.82, 2.24) is 15.3 Å². The van der Waals surface area contributed by atoms with Crippen LogP contribution in [-0.2, 0) is 0 Å². The highest BCUT2D eigenvalue weighted by Gasteiger charge is 2.30. The minimum absolute atomic E-state index is 0.307. The first-order valence-electron chi connectivity index (χ1n) is 6.38. The molecule has 4 heteroatoms. The summed E-state index contributed by atoms with van der Waals surface area (Å²) in [6.07, 6.45) is 4.10. The maximum absolute atomic E-state index is 5.96. The number of nitrogens with zero attached hydrogens (tertiary/aromatic N) is 2. The Labute approximate surface area is 106 Å². The normalized spacial score (nSPS) is 22.7. The van der Waals surface area contributed by atoms with Crippen LogP contribution in [0.1, 0.15) is 12.8 Å². The number of ether oxygens (including phenoxy) is 1. The highest BCUT2D eigenvalue weighted by molar-refractivity contribution is 5.82. The molecule has 0 radical (unpaired) electrons. The third-order valence-electron chi connectivity index (χ3n) is 3.47. The molecular formula is C14H17N3O. The van der Waals surface area contributed by atoms with Crippen molar-refractivity contribution in [3.8, 4) is 5.88 Å². The van der Waals surface area contributed by atoms with E-state index in [1.54, 1.807) is 6.33 Å². The van der Waals surface area contributed by atoms with Gasteiger partial charge in [-0.05, 0) is 44.5 Å². The molecule has 1 heterocycles. The molecule has 4 nitrogen and oxygen atoms in total. The van der Waals surface area contributed by atoms with Crippen LogP contribution in [0.4, 0.5) is 0 Å². The third-order valence-corrected chi connectivity index (χ3v) is 3.47. The number of hydrogen-bond donors (Lipinski definition) is 1. The fourth-order valence-corrected chi connectivity index (χ4v) is 2.46. The molecule has 0 atom stereocenters. The average Bonchev–Trinajstić information content (AvgIpc) is 2.37. The number of aromatic nitrogens is 2. The van der Waals surface area contributed by atoms with E-state index < -0.39 is 0 Å². The Morgan fingerprint density at radius 1 is 1.28 bits per heavy atom. The van der Waals surface area contributed by atoms with Crippen LogP contribution < -0.4 is 10.1 Å². The largest absolute Gasteiger partial charge is 0.474 e. The molecule has 2 aromatic rings. The zero-order valence-electron chi connectivity index (χ0n) is 10.5. The van der Waals surface area contributed by atoms with Crippen molar-refractivity contribution in [3.05, 3.63) is 30.6 Å². The molecule has 1 aliphatic rings. The van der Waals surface area contributed by atoms with Crippen molar-refractivity contribution in [3.63, 3.8) is 0 Å². The Bertz CT molecular complexity index is 532. The SMILES string of the molecule is CNCC1CC(Oc2ncnc3ccccc23)C1. The smallest absolute Gasteiger partial charge is 0.224 e. The molecule has 3 rings (SSSR count). The van der Waals surface area contributed by atoms with Gasteiger partial charge in [0.1, 0.15) is 12.4 Å².